The summed E-state index contributed by atoms with van der Waals surface area (Å²) in [6, 6.07) is 16.1. The second-order valence-corrected chi connectivity index (χ2v) is 7.68. The summed E-state index contributed by atoms with van der Waals surface area (Å²) in [6.07, 6.45) is 2.80. The summed E-state index contributed by atoms with van der Waals surface area (Å²) in [6.45, 7) is 2.74. The molecule has 1 saturated heterocycles. The Bertz CT molecular complexity index is 781. The molecule has 0 amide bonds. The number of likely N-dealkylation sites (tertiary alicyclic amines) is 1. The molecule has 2 aliphatic rings. The fourth-order valence-electron chi connectivity index (χ4n) is 4.20. The molecule has 5 heteroatoms. The van der Waals surface area contributed by atoms with Crippen LogP contribution in [0.4, 0.5) is 0 Å². The van der Waals surface area contributed by atoms with Crippen LogP contribution in [-0.4, -0.2) is 55.6 Å². The number of hydrogen-bond donors (Lipinski definition) is 1. The van der Waals surface area contributed by atoms with Crippen molar-refractivity contribution in [2.45, 2.75) is 37.6 Å². The van der Waals surface area contributed by atoms with Crippen molar-refractivity contribution in [1.82, 2.24) is 4.90 Å². The minimum absolute atomic E-state index is 0.119. The Morgan fingerprint density at radius 2 is 1.96 bits per heavy atom. The summed E-state index contributed by atoms with van der Waals surface area (Å²) in [5.41, 5.74) is 2.65. The normalized spacial score (nSPS) is 22.8. The molecule has 2 aromatic carbocycles. The van der Waals surface area contributed by atoms with Crippen LogP contribution in [0.1, 0.15) is 30.1 Å². The van der Waals surface area contributed by atoms with Gasteiger partial charge in [0.15, 0.2) is 0 Å². The van der Waals surface area contributed by atoms with Crippen molar-refractivity contribution in [2.75, 3.05) is 33.4 Å². The van der Waals surface area contributed by atoms with Crippen LogP contribution in [0.25, 0.3) is 0 Å². The molecule has 0 bridgehead atoms. The van der Waals surface area contributed by atoms with Gasteiger partial charge in [0.25, 0.3) is 0 Å². The van der Waals surface area contributed by atoms with E-state index in [9.17, 15) is 5.11 Å². The van der Waals surface area contributed by atoms with E-state index in [1.807, 2.05) is 24.3 Å². The molecule has 1 unspecified atom stereocenters. The van der Waals surface area contributed by atoms with Crippen molar-refractivity contribution in [1.29, 1.82) is 0 Å². The lowest BCUT2D eigenvalue weighted by atomic mass is 10.1. The van der Waals surface area contributed by atoms with Crippen molar-refractivity contribution in [3.8, 4) is 11.5 Å². The molecule has 5 nitrogen and oxygen atoms in total. The van der Waals surface area contributed by atoms with Crippen molar-refractivity contribution in [3.63, 3.8) is 0 Å². The van der Waals surface area contributed by atoms with E-state index in [1.54, 1.807) is 7.11 Å². The Balaban J connectivity index is 1.21. The molecule has 0 radical (unpaired) electrons. The first-order valence-electron chi connectivity index (χ1n) is 10.1. The second-order valence-electron chi connectivity index (χ2n) is 7.68. The van der Waals surface area contributed by atoms with E-state index in [-0.39, 0.29) is 12.2 Å². The van der Waals surface area contributed by atoms with Crippen LogP contribution < -0.4 is 9.47 Å². The van der Waals surface area contributed by atoms with Crippen LogP contribution in [-0.2, 0) is 11.2 Å². The van der Waals surface area contributed by atoms with Gasteiger partial charge in [-0.15, -0.1) is 0 Å². The number of benzene rings is 2. The van der Waals surface area contributed by atoms with Crippen LogP contribution in [0.3, 0.4) is 0 Å². The molecule has 1 N–H and O–H groups in total. The van der Waals surface area contributed by atoms with E-state index >= 15 is 0 Å². The fourth-order valence-corrected chi connectivity index (χ4v) is 4.20. The summed E-state index contributed by atoms with van der Waals surface area (Å²) in [5.74, 6) is 1.63. The van der Waals surface area contributed by atoms with Gasteiger partial charge in [-0.25, -0.2) is 0 Å². The maximum absolute atomic E-state index is 10.4. The summed E-state index contributed by atoms with van der Waals surface area (Å²) >= 11 is 0. The quantitative estimate of drug-likeness (QED) is 0.759. The number of ether oxygens (including phenoxy) is 3. The molecule has 4 rings (SSSR count). The number of β-amino-alcohol motifs (C(OH)–C–C–N with tert-alkyl or cyclic N) is 1. The van der Waals surface area contributed by atoms with Gasteiger partial charge in [0.2, 0.25) is 0 Å². The predicted molar refractivity (Wildman–Crippen MR) is 108 cm³/mol. The molecule has 2 aromatic rings. The lowest BCUT2D eigenvalue weighted by Crippen LogP contribution is -2.35. The zero-order valence-corrected chi connectivity index (χ0v) is 16.4. The molecule has 150 valence electrons. The third kappa shape index (κ3) is 4.66. The molecule has 3 atom stereocenters. The molecule has 0 saturated carbocycles. The fraction of sp³-hybridized carbons (Fsp3) is 0.478. The highest BCUT2D eigenvalue weighted by molar-refractivity contribution is 5.34. The first kappa shape index (κ1) is 19.2. The van der Waals surface area contributed by atoms with Gasteiger partial charge in [0.05, 0.1) is 25.9 Å². The van der Waals surface area contributed by atoms with Crippen molar-refractivity contribution in [3.05, 3.63) is 59.7 Å². The summed E-state index contributed by atoms with van der Waals surface area (Å²) < 4.78 is 17.3. The van der Waals surface area contributed by atoms with Crippen molar-refractivity contribution in [2.24, 2.45) is 0 Å². The topological polar surface area (TPSA) is 51.2 Å². The van der Waals surface area contributed by atoms with Gasteiger partial charge < -0.3 is 19.3 Å². The standard InChI is InChI=1S/C23H29NO4/c1-26-19-6-4-7-20(13-19)28-21-11-12-24(15-21)14-18(25)16-27-23-10-9-17-5-2-3-8-22(17)23/h2-8,13,18,21,23,25H,9-12,14-16H2,1H3/t18?,21-,23-/m1/s1. The molecular weight excluding hydrogens is 354 g/mol. The largest absolute Gasteiger partial charge is 0.497 e. The molecule has 1 heterocycles. The Hall–Kier alpha value is -2.08. The maximum atomic E-state index is 10.4. The van der Waals surface area contributed by atoms with E-state index in [0.29, 0.717) is 13.2 Å². The van der Waals surface area contributed by atoms with Gasteiger partial charge in [-0.3, -0.25) is 4.90 Å². The number of aliphatic hydroxyl groups excluding tert-OH is 1. The van der Waals surface area contributed by atoms with Crippen LogP contribution in [0, 0.1) is 0 Å². The number of aryl methyl sites for hydroxylation is 1. The Labute approximate surface area is 166 Å². The zero-order chi connectivity index (χ0) is 19.3. The van der Waals surface area contributed by atoms with Gasteiger partial charge in [0.1, 0.15) is 17.6 Å². The van der Waals surface area contributed by atoms with Gasteiger partial charge in [0, 0.05) is 25.7 Å². The summed E-state index contributed by atoms with van der Waals surface area (Å²) in [7, 11) is 1.66. The predicted octanol–water partition coefficient (Wildman–Crippen LogP) is 3.21. The van der Waals surface area contributed by atoms with E-state index in [1.165, 1.54) is 11.1 Å². The number of rotatable bonds is 8. The van der Waals surface area contributed by atoms with E-state index < -0.39 is 6.10 Å². The molecule has 1 aliphatic carbocycles. The molecule has 28 heavy (non-hydrogen) atoms. The van der Waals surface area contributed by atoms with E-state index in [0.717, 1.165) is 43.9 Å². The SMILES string of the molecule is COc1cccc(O[C@@H]2CCN(CC(O)CO[C@@H]3CCc4ccccc43)C2)c1. The molecule has 0 aromatic heterocycles. The van der Waals surface area contributed by atoms with Crippen molar-refractivity contribution >= 4 is 0 Å². The minimum atomic E-state index is -0.483. The third-order valence-corrected chi connectivity index (χ3v) is 5.61. The van der Waals surface area contributed by atoms with Crippen LogP contribution in [0.5, 0.6) is 11.5 Å². The smallest absolute Gasteiger partial charge is 0.123 e. The van der Waals surface area contributed by atoms with Crippen LogP contribution >= 0.6 is 0 Å². The number of fused-ring (bicyclic) bond motifs is 1. The number of aliphatic hydroxyl groups is 1. The molecule has 1 fully saturated rings. The average Bonchev–Trinajstić information content (AvgIpc) is 3.33. The minimum Gasteiger partial charge on any atom is -0.497 e. The maximum Gasteiger partial charge on any atom is 0.123 e. The van der Waals surface area contributed by atoms with Gasteiger partial charge in [-0.2, -0.15) is 0 Å². The van der Waals surface area contributed by atoms with Gasteiger partial charge >= 0.3 is 0 Å². The number of hydrogen-bond acceptors (Lipinski definition) is 5. The third-order valence-electron chi connectivity index (χ3n) is 5.61. The number of nitrogens with zero attached hydrogens (tertiary/aromatic N) is 1. The number of methoxy groups -OCH3 is 1. The zero-order valence-electron chi connectivity index (χ0n) is 16.4. The second kappa shape index (κ2) is 8.95. The lowest BCUT2D eigenvalue weighted by Gasteiger charge is -2.22. The molecule has 1 aliphatic heterocycles. The van der Waals surface area contributed by atoms with Gasteiger partial charge in [-0.05, 0) is 42.5 Å². The van der Waals surface area contributed by atoms with Crippen molar-refractivity contribution < 1.29 is 19.3 Å². The summed E-state index contributed by atoms with van der Waals surface area (Å²) in [5, 5.41) is 10.4. The molecule has 0 spiro atoms. The first-order valence-corrected chi connectivity index (χ1v) is 10.1. The lowest BCUT2D eigenvalue weighted by molar-refractivity contribution is -0.0200. The van der Waals surface area contributed by atoms with Crippen LogP contribution in [0.2, 0.25) is 0 Å². The first-order chi connectivity index (χ1) is 13.7. The Morgan fingerprint density at radius 1 is 1.11 bits per heavy atom. The average molecular weight is 383 g/mol. The van der Waals surface area contributed by atoms with E-state index in [4.69, 9.17) is 14.2 Å². The highest BCUT2D eigenvalue weighted by Crippen LogP contribution is 2.33. The van der Waals surface area contributed by atoms with Crippen LogP contribution in [0.15, 0.2) is 48.5 Å². The van der Waals surface area contributed by atoms with E-state index in [2.05, 4.69) is 29.2 Å². The summed E-state index contributed by atoms with van der Waals surface area (Å²) in [4.78, 5) is 2.25. The molecular formula is C23H29NO4. The Morgan fingerprint density at radius 3 is 2.86 bits per heavy atom. The Kier molecular flexibility index (Phi) is 6.15. The highest BCUT2D eigenvalue weighted by atomic mass is 16.5. The monoisotopic (exact) mass is 383 g/mol. The van der Waals surface area contributed by atoms with Gasteiger partial charge in [-0.1, -0.05) is 30.3 Å². The highest BCUT2D eigenvalue weighted by Gasteiger charge is 2.27.